The summed E-state index contributed by atoms with van der Waals surface area (Å²) in [6.07, 6.45) is 0. The summed E-state index contributed by atoms with van der Waals surface area (Å²) in [4.78, 5) is 2.26. The first-order valence-corrected chi connectivity index (χ1v) is 4.52. The van der Waals surface area contributed by atoms with Gasteiger partial charge in [-0.05, 0) is 20.8 Å². The molecule has 1 fully saturated rings. The van der Waals surface area contributed by atoms with Crippen LogP contribution >= 0.6 is 0 Å². The standard InChI is InChI=1S/C9H19NO2/c1-9(2,3)12-7-5-10-4-6-11-8-10/h4-8H2,1-3H3. The summed E-state index contributed by atoms with van der Waals surface area (Å²) in [6, 6.07) is 0. The Bertz CT molecular complexity index is 125. The molecule has 0 amide bonds. The summed E-state index contributed by atoms with van der Waals surface area (Å²) in [7, 11) is 0. The SMILES string of the molecule is CC(C)(C)OCCN1CCOC1. The minimum atomic E-state index is -0.0133. The maximum atomic E-state index is 5.59. The van der Waals surface area contributed by atoms with Crippen LogP contribution in [0.15, 0.2) is 0 Å². The topological polar surface area (TPSA) is 21.7 Å². The van der Waals surface area contributed by atoms with E-state index in [4.69, 9.17) is 9.47 Å². The highest BCUT2D eigenvalue weighted by atomic mass is 16.5. The van der Waals surface area contributed by atoms with Crippen molar-refractivity contribution in [1.29, 1.82) is 0 Å². The maximum absolute atomic E-state index is 5.59. The highest BCUT2D eigenvalue weighted by Crippen LogP contribution is 2.07. The summed E-state index contributed by atoms with van der Waals surface area (Å²) in [5.41, 5.74) is -0.0133. The molecule has 1 aliphatic rings. The Morgan fingerprint density at radius 3 is 2.67 bits per heavy atom. The van der Waals surface area contributed by atoms with Crippen molar-refractivity contribution in [1.82, 2.24) is 4.90 Å². The highest BCUT2D eigenvalue weighted by Gasteiger charge is 2.14. The van der Waals surface area contributed by atoms with Crippen molar-refractivity contribution in [3.8, 4) is 0 Å². The van der Waals surface area contributed by atoms with Gasteiger partial charge in [-0.25, -0.2) is 0 Å². The first-order valence-electron chi connectivity index (χ1n) is 4.52. The minimum absolute atomic E-state index is 0.0133. The van der Waals surface area contributed by atoms with E-state index >= 15 is 0 Å². The molecule has 0 aromatic carbocycles. The number of ether oxygens (including phenoxy) is 2. The fraction of sp³-hybridized carbons (Fsp3) is 1.00. The molecule has 3 heteroatoms. The quantitative estimate of drug-likeness (QED) is 0.637. The first kappa shape index (κ1) is 9.96. The molecule has 3 nitrogen and oxygen atoms in total. The maximum Gasteiger partial charge on any atom is 0.0992 e. The van der Waals surface area contributed by atoms with E-state index in [1.807, 2.05) is 0 Å². The molecule has 0 saturated carbocycles. The molecule has 1 rings (SSSR count). The zero-order chi connectivity index (χ0) is 9.03. The average molecular weight is 173 g/mol. The molecule has 1 saturated heterocycles. The van der Waals surface area contributed by atoms with Crippen molar-refractivity contribution >= 4 is 0 Å². The Labute approximate surface area is 74.6 Å². The molecule has 72 valence electrons. The lowest BCUT2D eigenvalue weighted by Crippen LogP contribution is -2.29. The van der Waals surface area contributed by atoms with Gasteiger partial charge in [-0.15, -0.1) is 0 Å². The molecule has 12 heavy (non-hydrogen) atoms. The van der Waals surface area contributed by atoms with Crippen molar-refractivity contribution in [2.45, 2.75) is 26.4 Å². The molecule has 0 aromatic rings. The number of hydrogen-bond donors (Lipinski definition) is 0. The second kappa shape index (κ2) is 4.21. The lowest BCUT2D eigenvalue weighted by atomic mass is 10.2. The van der Waals surface area contributed by atoms with Gasteiger partial charge in [0.1, 0.15) is 0 Å². The van der Waals surface area contributed by atoms with Crippen LogP contribution in [0.5, 0.6) is 0 Å². The summed E-state index contributed by atoms with van der Waals surface area (Å²) < 4.78 is 10.8. The molecule has 0 N–H and O–H groups in total. The van der Waals surface area contributed by atoms with Gasteiger partial charge in [-0.3, -0.25) is 4.90 Å². The van der Waals surface area contributed by atoms with E-state index in [0.717, 1.165) is 33.0 Å². The lowest BCUT2D eigenvalue weighted by Gasteiger charge is -2.21. The van der Waals surface area contributed by atoms with Crippen molar-refractivity contribution in [3.63, 3.8) is 0 Å². The molecule has 1 aliphatic heterocycles. The molecule has 0 spiro atoms. The van der Waals surface area contributed by atoms with E-state index in [9.17, 15) is 0 Å². The van der Waals surface area contributed by atoms with E-state index in [-0.39, 0.29) is 5.60 Å². The smallest absolute Gasteiger partial charge is 0.0992 e. The predicted molar refractivity (Wildman–Crippen MR) is 48.1 cm³/mol. The van der Waals surface area contributed by atoms with Crippen LogP contribution in [0.1, 0.15) is 20.8 Å². The Kier molecular flexibility index (Phi) is 3.50. The third kappa shape index (κ3) is 4.04. The van der Waals surface area contributed by atoms with Crippen LogP contribution in [0.2, 0.25) is 0 Å². The number of nitrogens with zero attached hydrogens (tertiary/aromatic N) is 1. The van der Waals surface area contributed by atoms with E-state index < -0.39 is 0 Å². The van der Waals surface area contributed by atoms with Gasteiger partial charge in [-0.1, -0.05) is 0 Å². The Morgan fingerprint density at radius 2 is 2.17 bits per heavy atom. The molecule has 0 bridgehead atoms. The van der Waals surface area contributed by atoms with Gasteiger partial charge >= 0.3 is 0 Å². The van der Waals surface area contributed by atoms with Crippen molar-refractivity contribution < 1.29 is 9.47 Å². The molecular weight excluding hydrogens is 154 g/mol. The Balaban J connectivity index is 2.02. The van der Waals surface area contributed by atoms with Gasteiger partial charge in [0, 0.05) is 13.1 Å². The van der Waals surface area contributed by atoms with E-state index in [2.05, 4.69) is 25.7 Å². The molecule has 0 radical (unpaired) electrons. The Morgan fingerprint density at radius 1 is 1.42 bits per heavy atom. The van der Waals surface area contributed by atoms with E-state index in [0.29, 0.717) is 0 Å². The normalized spacial score (nSPS) is 20.2. The summed E-state index contributed by atoms with van der Waals surface area (Å²) in [6.45, 7) is 10.7. The van der Waals surface area contributed by atoms with Crippen LogP contribution < -0.4 is 0 Å². The summed E-state index contributed by atoms with van der Waals surface area (Å²) in [5.74, 6) is 0. The molecule has 0 atom stereocenters. The number of rotatable bonds is 3. The molecule has 1 heterocycles. The second-order valence-corrected chi connectivity index (χ2v) is 4.12. The predicted octanol–water partition coefficient (Wildman–Crippen LogP) is 1.09. The third-order valence-corrected chi connectivity index (χ3v) is 1.77. The fourth-order valence-corrected chi connectivity index (χ4v) is 1.11. The monoisotopic (exact) mass is 173 g/mol. The zero-order valence-corrected chi connectivity index (χ0v) is 8.30. The second-order valence-electron chi connectivity index (χ2n) is 4.12. The average Bonchev–Trinajstić information content (AvgIpc) is 2.36. The van der Waals surface area contributed by atoms with Gasteiger partial charge < -0.3 is 9.47 Å². The van der Waals surface area contributed by atoms with Crippen LogP contribution in [0.3, 0.4) is 0 Å². The van der Waals surface area contributed by atoms with E-state index in [1.165, 1.54) is 0 Å². The summed E-state index contributed by atoms with van der Waals surface area (Å²) in [5, 5.41) is 0. The van der Waals surface area contributed by atoms with Crippen molar-refractivity contribution in [2.75, 3.05) is 33.0 Å². The number of hydrogen-bond acceptors (Lipinski definition) is 3. The van der Waals surface area contributed by atoms with Crippen LogP contribution in [0, 0.1) is 0 Å². The first-order chi connectivity index (χ1) is 5.58. The van der Waals surface area contributed by atoms with Gasteiger partial charge in [0.2, 0.25) is 0 Å². The van der Waals surface area contributed by atoms with Gasteiger partial charge in [0.05, 0.1) is 25.5 Å². The molecular formula is C9H19NO2. The van der Waals surface area contributed by atoms with E-state index in [1.54, 1.807) is 0 Å². The van der Waals surface area contributed by atoms with Crippen molar-refractivity contribution in [2.24, 2.45) is 0 Å². The van der Waals surface area contributed by atoms with Crippen LogP contribution in [0.25, 0.3) is 0 Å². The van der Waals surface area contributed by atoms with Gasteiger partial charge in [0.25, 0.3) is 0 Å². The minimum Gasteiger partial charge on any atom is -0.375 e. The highest BCUT2D eigenvalue weighted by molar-refractivity contribution is 4.62. The van der Waals surface area contributed by atoms with Crippen molar-refractivity contribution in [3.05, 3.63) is 0 Å². The largest absolute Gasteiger partial charge is 0.375 e. The van der Waals surface area contributed by atoms with Gasteiger partial charge in [0.15, 0.2) is 0 Å². The van der Waals surface area contributed by atoms with Crippen LogP contribution in [-0.4, -0.2) is 43.5 Å². The van der Waals surface area contributed by atoms with Gasteiger partial charge in [-0.2, -0.15) is 0 Å². The third-order valence-electron chi connectivity index (χ3n) is 1.77. The fourth-order valence-electron chi connectivity index (χ4n) is 1.11. The molecule has 0 aliphatic carbocycles. The lowest BCUT2D eigenvalue weighted by molar-refractivity contribution is -0.0147. The van der Waals surface area contributed by atoms with Crippen LogP contribution in [0.4, 0.5) is 0 Å². The zero-order valence-electron chi connectivity index (χ0n) is 8.30. The summed E-state index contributed by atoms with van der Waals surface area (Å²) >= 11 is 0. The molecule has 0 aromatic heterocycles. The molecule has 0 unspecified atom stereocenters. The Hall–Kier alpha value is -0.120. The van der Waals surface area contributed by atoms with Crippen LogP contribution in [-0.2, 0) is 9.47 Å².